The van der Waals surface area contributed by atoms with Crippen molar-refractivity contribution in [2.75, 3.05) is 24.3 Å². The van der Waals surface area contributed by atoms with Gasteiger partial charge in [0.2, 0.25) is 5.91 Å². The molecule has 0 spiro atoms. The van der Waals surface area contributed by atoms with Gasteiger partial charge in [-0.3, -0.25) is 9.00 Å². The Kier molecular flexibility index (Phi) is 5.54. The first-order valence-corrected chi connectivity index (χ1v) is 8.01. The van der Waals surface area contributed by atoms with Crippen LogP contribution in [0.1, 0.15) is 25.8 Å². The molecule has 1 atom stereocenters. The zero-order chi connectivity index (χ0) is 14.5. The summed E-state index contributed by atoms with van der Waals surface area (Å²) in [5, 5.41) is 2.89. The number of anilines is 1. The lowest BCUT2D eigenvalue weighted by Crippen LogP contribution is -2.40. The molecule has 0 radical (unpaired) electrons. The first-order valence-electron chi connectivity index (χ1n) is 6.28. The molecule has 106 valence electrons. The van der Waals surface area contributed by atoms with Crippen LogP contribution in [0, 0.1) is 0 Å². The van der Waals surface area contributed by atoms with Gasteiger partial charge in [-0.1, -0.05) is 12.1 Å². The third-order valence-corrected chi connectivity index (χ3v) is 3.96. The van der Waals surface area contributed by atoms with Gasteiger partial charge in [-0.05, 0) is 38.0 Å². The quantitative estimate of drug-likeness (QED) is 0.612. The summed E-state index contributed by atoms with van der Waals surface area (Å²) in [6, 6.07) is 7.33. The van der Waals surface area contributed by atoms with Gasteiger partial charge in [0.05, 0.1) is 5.41 Å². The van der Waals surface area contributed by atoms with Crippen molar-refractivity contribution in [1.29, 1.82) is 0 Å². The summed E-state index contributed by atoms with van der Waals surface area (Å²) >= 11 is 0. The van der Waals surface area contributed by atoms with Crippen LogP contribution in [0.15, 0.2) is 24.3 Å². The lowest BCUT2D eigenvalue weighted by Gasteiger charge is -2.24. The largest absolute Gasteiger partial charge is 0.399 e. The minimum atomic E-state index is -0.805. The monoisotopic (exact) mass is 282 g/mol. The standard InChI is InChI=1S/C14H22N2O2S/c1-14(2,11-5-7-12(15)8-6-11)13(17)16-9-4-10-19(3)18/h5-8H,4,9-10,15H2,1-3H3,(H,16,17). The maximum Gasteiger partial charge on any atom is 0.230 e. The van der Waals surface area contributed by atoms with E-state index in [0.717, 1.165) is 12.0 Å². The minimum Gasteiger partial charge on any atom is -0.399 e. The van der Waals surface area contributed by atoms with E-state index >= 15 is 0 Å². The van der Waals surface area contributed by atoms with Gasteiger partial charge in [0.1, 0.15) is 0 Å². The first-order chi connectivity index (χ1) is 8.84. The van der Waals surface area contributed by atoms with E-state index < -0.39 is 16.2 Å². The van der Waals surface area contributed by atoms with E-state index in [0.29, 0.717) is 18.0 Å². The number of nitrogens with two attached hydrogens (primary N) is 1. The molecule has 5 heteroatoms. The van der Waals surface area contributed by atoms with Crippen molar-refractivity contribution in [3.05, 3.63) is 29.8 Å². The lowest BCUT2D eigenvalue weighted by atomic mass is 9.83. The van der Waals surface area contributed by atoms with Crippen molar-refractivity contribution >= 4 is 22.4 Å². The Morgan fingerprint density at radius 1 is 1.32 bits per heavy atom. The van der Waals surface area contributed by atoms with Crippen molar-refractivity contribution in [3.8, 4) is 0 Å². The molecule has 1 aromatic rings. The van der Waals surface area contributed by atoms with Crippen LogP contribution in [0.4, 0.5) is 5.69 Å². The van der Waals surface area contributed by atoms with Crippen molar-refractivity contribution in [2.45, 2.75) is 25.7 Å². The van der Waals surface area contributed by atoms with E-state index in [4.69, 9.17) is 5.73 Å². The highest BCUT2D eigenvalue weighted by atomic mass is 32.2. The van der Waals surface area contributed by atoms with Gasteiger partial charge in [0.25, 0.3) is 0 Å². The second-order valence-electron chi connectivity index (χ2n) is 5.13. The lowest BCUT2D eigenvalue weighted by molar-refractivity contribution is -0.125. The Morgan fingerprint density at radius 3 is 2.42 bits per heavy atom. The molecule has 19 heavy (non-hydrogen) atoms. The topological polar surface area (TPSA) is 72.2 Å². The summed E-state index contributed by atoms with van der Waals surface area (Å²) in [5.74, 6) is 0.585. The molecule has 0 aliphatic heterocycles. The number of rotatable bonds is 6. The van der Waals surface area contributed by atoms with Gasteiger partial charge in [-0.25, -0.2) is 0 Å². The van der Waals surface area contributed by atoms with E-state index in [2.05, 4.69) is 5.32 Å². The van der Waals surface area contributed by atoms with Gasteiger partial charge < -0.3 is 11.1 Å². The predicted molar refractivity (Wildman–Crippen MR) is 80.4 cm³/mol. The van der Waals surface area contributed by atoms with E-state index in [1.54, 1.807) is 18.4 Å². The van der Waals surface area contributed by atoms with Crippen LogP contribution in [0.25, 0.3) is 0 Å². The van der Waals surface area contributed by atoms with E-state index in [9.17, 15) is 9.00 Å². The fourth-order valence-corrected chi connectivity index (χ4v) is 2.28. The zero-order valence-corrected chi connectivity index (χ0v) is 12.5. The van der Waals surface area contributed by atoms with Crippen molar-refractivity contribution in [1.82, 2.24) is 5.32 Å². The molecule has 0 heterocycles. The second kappa shape index (κ2) is 6.70. The number of carbonyl (C=O) groups is 1. The van der Waals surface area contributed by atoms with Gasteiger partial charge in [0.15, 0.2) is 0 Å². The van der Waals surface area contributed by atoms with Crippen LogP contribution < -0.4 is 11.1 Å². The Morgan fingerprint density at radius 2 is 1.89 bits per heavy atom. The summed E-state index contributed by atoms with van der Waals surface area (Å²) < 4.78 is 10.9. The number of carbonyl (C=O) groups excluding carboxylic acids is 1. The van der Waals surface area contributed by atoms with Crippen LogP contribution in [0.2, 0.25) is 0 Å². The normalized spacial score (nSPS) is 13.0. The fraction of sp³-hybridized carbons (Fsp3) is 0.500. The summed E-state index contributed by atoms with van der Waals surface area (Å²) in [7, 11) is -0.805. The maximum atomic E-state index is 12.2. The van der Waals surface area contributed by atoms with Crippen LogP contribution in [-0.4, -0.2) is 28.7 Å². The molecular weight excluding hydrogens is 260 g/mol. The molecule has 0 saturated heterocycles. The molecule has 1 amide bonds. The van der Waals surface area contributed by atoms with E-state index in [1.165, 1.54) is 0 Å². The summed E-state index contributed by atoms with van der Waals surface area (Å²) in [6.45, 7) is 4.31. The molecule has 0 aromatic heterocycles. The Hall–Kier alpha value is -1.36. The Balaban J connectivity index is 2.58. The van der Waals surface area contributed by atoms with E-state index in [1.807, 2.05) is 26.0 Å². The van der Waals surface area contributed by atoms with Crippen molar-refractivity contribution in [3.63, 3.8) is 0 Å². The van der Waals surface area contributed by atoms with Gasteiger partial charge in [0, 0.05) is 35.0 Å². The smallest absolute Gasteiger partial charge is 0.230 e. The molecule has 0 fully saturated rings. The summed E-state index contributed by atoms with van der Waals surface area (Å²) in [4.78, 5) is 12.2. The van der Waals surface area contributed by atoms with Crippen LogP contribution in [-0.2, 0) is 21.0 Å². The molecular formula is C14H22N2O2S. The summed E-state index contributed by atoms with van der Waals surface area (Å²) in [6.07, 6.45) is 2.40. The molecule has 0 aliphatic carbocycles. The highest BCUT2D eigenvalue weighted by molar-refractivity contribution is 7.84. The van der Waals surface area contributed by atoms with Crippen LogP contribution in [0.3, 0.4) is 0 Å². The second-order valence-corrected chi connectivity index (χ2v) is 6.69. The fourth-order valence-electron chi connectivity index (χ4n) is 1.73. The number of hydrogen-bond donors (Lipinski definition) is 2. The molecule has 3 N–H and O–H groups in total. The average Bonchev–Trinajstić information content (AvgIpc) is 2.34. The van der Waals surface area contributed by atoms with Crippen molar-refractivity contribution < 1.29 is 9.00 Å². The SMILES string of the molecule is CS(=O)CCCNC(=O)C(C)(C)c1ccc(N)cc1. The number of nitrogen functional groups attached to an aromatic ring is 1. The third-order valence-electron chi connectivity index (χ3n) is 3.09. The Bertz CT molecular complexity index is 455. The third kappa shape index (κ3) is 4.67. The highest BCUT2D eigenvalue weighted by Crippen LogP contribution is 2.24. The van der Waals surface area contributed by atoms with Crippen LogP contribution in [0.5, 0.6) is 0 Å². The predicted octanol–water partition coefficient (Wildman–Crippen LogP) is 1.43. The van der Waals surface area contributed by atoms with Crippen molar-refractivity contribution in [2.24, 2.45) is 0 Å². The molecule has 1 unspecified atom stereocenters. The molecule has 4 nitrogen and oxygen atoms in total. The van der Waals surface area contributed by atoms with Gasteiger partial charge in [-0.2, -0.15) is 0 Å². The molecule has 1 rings (SSSR count). The maximum absolute atomic E-state index is 12.2. The average molecular weight is 282 g/mol. The highest BCUT2D eigenvalue weighted by Gasteiger charge is 2.29. The molecule has 0 saturated carbocycles. The molecule has 0 bridgehead atoms. The summed E-state index contributed by atoms with van der Waals surface area (Å²) in [5.41, 5.74) is 6.66. The zero-order valence-electron chi connectivity index (χ0n) is 11.7. The first kappa shape index (κ1) is 15.7. The van der Waals surface area contributed by atoms with Crippen LogP contribution >= 0.6 is 0 Å². The molecule has 0 aliphatic rings. The number of nitrogens with one attached hydrogen (secondary N) is 1. The molecule has 1 aromatic carbocycles. The van der Waals surface area contributed by atoms with Gasteiger partial charge >= 0.3 is 0 Å². The number of amides is 1. The minimum absolute atomic E-state index is 0.0286. The number of benzene rings is 1. The number of hydrogen-bond acceptors (Lipinski definition) is 3. The Labute approximate surface area is 117 Å². The van der Waals surface area contributed by atoms with Gasteiger partial charge in [-0.15, -0.1) is 0 Å². The van der Waals surface area contributed by atoms with E-state index in [-0.39, 0.29) is 5.91 Å².